The molecule has 1 amide bonds. The predicted molar refractivity (Wildman–Crippen MR) is 114 cm³/mol. The third-order valence-electron chi connectivity index (χ3n) is 4.88. The minimum Gasteiger partial charge on any atom is -0.493 e. The molecule has 1 saturated heterocycles. The Morgan fingerprint density at radius 1 is 1.35 bits per heavy atom. The molecule has 1 aliphatic heterocycles. The van der Waals surface area contributed by atoms with Crippen LogP contribution < -0.4 is 14.8 Å². The minimum absolute atomic E-state index is 0.0838. The van der Waals surface area contributed by atoms with Crippen LogP contribution in [0.2, 0.25) is 0 Å². The maximum absolute atomic E-state index is 13.1. The molecule has 1 fully saturated rings. The maximum Gasteiger partial charge on any atom is 0.331 e. The van der Waals surface area contributed by atoms with Crippen molar-refractivity contribution in [3.8, 4) is 11.5 Å². The predicted octanol–water partition coefficient (Wildman–Crippen LogP) is 2.64. The summed E-state index contributed by atoms with van der Waals surface area (Å²) in [7, 11) is 1.35. The molecule has 34 heavy (non-hydrogen) atoms. The summed E-state index contributed by atoms with van der Waals surface area (Å²) >= 11 is 0. The van der Waals surface area contributed by atoms with Gasteiger partial charge in [0.05, 0.1) is 13.7 Å². The van der Waals surface area contributed by atoms with E-state index in [4.69, 9.17) is 23.7 Å². The van der Waals surface area contributed by atoms with Gasteiger partial charge in [-0.2, -0.15) is 0 Å². The summed E-state index contributed by atoms with van der Waals surface area (Å²) in [5, 5.41) is 2.51. The van der Waals surface area contributed by atoms with Crippen LogP contribution in [0.25, 0.3) is 0 Å². The van der Waals surface area contributed by atoms with E-state index in [0.717, 1.165) is 6.92 Å². The summed E-state index contributed by atoms with van der Waals surface area (Å²) < 4.78 is 52.5. The molecule has 1 unspecified atom stereocenters. The Kier molecular flexibility index (Phi) is 10.4. The minimum atomic E-state index is -2.79. The number of amides is 1. The zero-order valence-corrected chi connectivity index (χ0v) is 19.4. The van der Waals surface area contributed by atoms with Crippen LogP contribution in [0.15, 0.2) is 12.3 Å². The molecule has 1 aromatic rings. The summed E-state index contributed by atoms with van der Waals surface area (Å²) in [5.74, 6) is -4.82. The highest BCUT2D eigenvalue weighted by atomic mass is 19.3. The van der Waals surface area contributed by atoms with Crippen molar-refractivity contribution >= 4 is 17.8 Å². The Morgan fingerprint density at radius 3 is 2.79 bits per heavy atom. The number of hydrogen-bond acceptors (Lipinski definition) is 9. The molecule has 2 rings (SSSR count). The van der Waals surface area contributed by atoms with E-state index in [-0.39, 0.29) is 43.1 Å². The van der Waals surface area contributed by atoms with Crippen LogP contribution in [-0.4, -0.2) is 68.0 Å². The summed E-state index contributed by atoms with van der Waals surface area (Å²) in [4.78, 5) is 40.6. The van der Waals surface area contributed by atoms with Crippen LogP contribution in [0, 0.1) is 0 Å². The van der Waals surface area contributed by atoms with E-state index in [9.17, 15) is 23.2 Å². The molecule has 0 aliphatic carbocycles. The number of aromatic nitrogens is 1. The Morgan fingerprint density at radius 2 is 2.12 bits per heavy atom. The fourth-order valence-electron chi connectivity index (χ4n) is 3.22. The van der Waals surface area contributed by atoms with Crippen LogP contribution in [0.3, 0.4) is 0 Å². The second-order valence-electron chi connectivity index (χ2n) is 7.85. The van der Waals surface area contributed by atoms with Gasteiger partial charge in [0.25, 0.3) is 5.91 Å². The number of ether oxygens (including phenoxy) is 5. The van der Waals surface area contributed by atoms with Crippen molar-refractivity contribution in [2.24, 2.45) is 0 Å². The van der Waals surface area contributed by atoms with Crippen molar-refractivity contribution in [2.75, 3.05) is 27.1 Å². The summed E-state index contributed by atoms with van der Waals surface area (Å²) in [6.07, 6.45) is 1.95. The number of methoxy groups -OCH3 is 1. The van der Waals surface area contributed by atoms with Gasteiger partial charge in [-0.3, -0.25) is 9.59 Å². The van der Waals surface area contributed by atoms with Crippen molar-refractivity contribution in [3.63, 3.8) is 0 Å². The number of halogens is 2. The maximum atomic E-state index is 13.1. The van der Waals surface area contributed by atoms with E-state index in [2.05, 4.69) is 10.3 Å². The van der Waals surface area contributed by atoms with Crippen molar-refractivity contribution < 1.29 is 46.8 Å². The monoisotopic (exact) mass is 488 g/mol. The lowest BCUT2D eigenvalue weighted by Crippen LogP contribution is -2.46. The number of nitrogens with one attached hydrogen (secondary N) is 1. The summed E-state index contributed by atoms with van der Waals surface area (Å²) in [6.45, 7) is 1.74. The van der Waals surface area contributed by atoms with Gasteiger partial charge >= 0.3 is 11.9 Å². The van der Waals surface area contributed by atoms with Crippen molar-refractivity contribution in [2.45, 2.75) is 64.0 Å². The van der Waals surface area contributed by atoms with E-state index in [1.807, 2.05) is 0 Å². The first kappa shape index (κ1) is 27.2. The van der Waals surface area contributed by atoms with Gasteiger partial charge in [0.15, 0.2) is 23.2 Å². The zero-order valence-electron chi connectivity index (χ0n) is 19.4. The van der Waals surface area contributed by atoms with Gasteiger partial charge in [-0.05, 0) is 32.6 Å². The molecule has 1 N–H and O–H groups in total. The molecule has 10 nitrogen and oxygen atoms in total. The van der Waals surface area contributed by atoms with Gasteiger partial charge in [0, 0.05) is 32.2 Å². The molecule has 0 bridgehead atoms. The molecular weight excluding hydrogens is 458 g/mol. The van der Waals surface area contributed by atoms with Crippen molar-refractivity contribution in [1.29, 1.82) is 0 Å². The smallest absolute Gasteiger partial charge is 0.331 e. The molecule has 190 valence electrons. The van der Waals surface area contributed by atoms with Crippen LogP contribution in [0.5, 0.6) is 11.5 Å². The first-order valence-corrected chi connectivity index (χ1v) is 10.9. The number of carbonyl (C=O) groups is 3. The highest BCUT2D eigenvalue weighted by Gasteiger charge is 2.30. The number of rotatable bonds is 10. The number of cyclic esters (lactones) is 1. The van der Waals surface area contributed by atoms with Gasteiger partial charge in [-0.1, -0.05) is 0 Å². The topological polar surface area (TPSA) is 122 Å². The Labute approximate surface area is 196 Å². The van der Waals surface area contributed by atoms with E-state index in [1.165, 1.54) is 26.3 Å². The molecule has 2 heterocycles. The van der Waals surface area contributed by atoms with Gasteiger partial charge in [0.2, 0.25) is 12.7 Å². The van der Waals surface area contributed by atoms with Crippen LogP contribution in [0.1, 0.15) is 56.4 Å². The average Bonchev–Trinajstić information content (AvgIpc) is 2.83. The number of hydrogen-bond donors (Lipinski definition) is 1. The van der Waals surface area contributed by atoms with E-state index < -0.39 is 42.7 Å². The lowest BCUT2D eigenvalue weighted by Gasteiger charge is -2.21. The van der Waals surface area contributed by atoms with Crippen molar-refractivity contribution in [1.82, 2.24) is 10.3 Å². The molecule has 1 aromatic heterocycles. The third kappa shape index (κ3) is 9.08. The molecule has 1 aliphatic rings. The lowest BCUT2D eigenvalue weighted by molar-refractivity contribution is -0.153. The fourth-order valence-corrected chi connectivity index (χ4v) is 3.22. The number of nitrogens with zero attached hydrogens (tertiary/aromatic N) is 1. The van der Waals surface area contributed by atoms with Crippen LogP contribution in [-0.2, 0) is 23.8 Å². The van der Waals surface area contributed by atoms with E-state index in [0.29, 0.717) is 19.4 Å². The Balaban J connectivity index is 2.09. The zero-order chi connectivity index (χ0) is 25.1. The standard InChI is InChI=1S/C22H30F2N2O8/c1-14(27)32-13-33-19-17(30-3)8-10-25-18(19)20(28)26-16-12-31-11-5-7-15(34-21(16)29)6-4-9-22(2,23)24/h8,10,15-16H,4-7,9,11-13H2,1-3H3,(H,26,28)/t15?,16-/m0/s1. The summed E-state index contributed by atoms with van der Waals surface area (Å²) in [5.41, 5.74) is -0.207. The molecule has 0 saturated carbocycles. The number of pyridine rings is 1. The Bertz CT molecular complexity index is 847. The Hall–Kier alpha value is -3.02. The molecule has 0 aromatic carbocycles. The van der Waals surface area contributed by atoms with Gasteiger partial charge in [-0.15, -0.1) is 0 Å². The van der Waals surface area contributed by atoms with E-state index in [1.54, 1.807) is 0 Å². The average molecular weight is 488 g/mol. The summed E-state index contributed by atoms with van der Waals surface area (Å²) in [6, 6.07) is 0.289. The van der Waals surface area contributed by atoms with Gasteiger partial charge in [-0.25, -0.2) is 18.6 Å². The lowest BCUT2D eigenvalue weighted by atomic mass is 10.1. The quantitative estimate of drug-likeness (QED) is 0.391. The van der Waals surface area contributed by atoms with Crippen LogP contribution in [0.4, 0.5) is 8.78 Å². The van der Waals surface area contributed by atoms with Gasteiger partial charge in [0.1, 0.15) is 6.10 Å². The highest BCUT2D eigenvalue weighted by molar-refractivity contribution is 5.98. The molecular formula is C22H30F2N2O8. The number of esters is 2. The second-order valence-corrected chi connectivity index (χ2v) is 7.85. The fraction of sp³-hybridized carbons (Fsp3) is 0.636. The first-order chi connectivity index (χ1) is 16.1. The second kappa shape index (κ2) is 13.0. The SMILES string of the molecule is COc1ccnc(C(=O)N[C@H]2COCCCC(CCCC(C)(F)F)OC2=O)c1OCOC(C)=O. The normalized spacial score (nSPS) is 19.1. The third-order valence-corrected chi connectivity index (χ3v) is 4.88. The van der Waals surface area contributed by atoms with Gasteiger partial charge < -0.3 is 29.0 Å². The largest absolute Gasteiger partial charge is 0.493 e. The number of carbonyl (C=O) groups excluding carboxylic acids is 3. The highest BCUT2D eigenvalue weighted by Crippen LogP contribution is 2.29. The molecule has 2 atom stereocenters. The van der Waals surface area contributed by atoms with E-state index >= 15 is 0 Å². The number of alkyl halides is 2. The van der Waals surface area contributed by atoms with Crippen molar-refractivity contribution in [3.05, 3.63) is 18.0 Å². The molecule has 12 heteroatoms. The first-order valence-electron chi connectivity index (χ1n) is 10.9. The van der Waals surface area contributed by atoms with Crippen LogP contribution >= 0.6 is 0 Å². The molecule has 0 radical (unpaired) electrons. The molecule has 0 spiro atoms.